The van der Waals surface area contributed by atoms with E-state index in [0.717, 1.165) is 5.56 Å². The van der Waals surface area contributed by atoms with Crippen molar-refractivity contribution in [3.8, 4) is 17.0 Å². The number of benzene rings is 2. The predicted octanol–water partition coefficient (Wildman–Crippen LogP) is 3.73. The van der Waals surface area contributed by atoms with E-state index in [1.807, 2.05) is 26.8 Å². The van der Waals surface area contributed by atoms with Crippen LogP contribution in [0.5, 0.6) is 5.88 Å². The van der Waals surface area contributed by atoms with E-state index < -0.39 is 29.2 Å². The number of hydrogen-bond acceptors (Lipinski definition) is 7. The molecule has 0 aliphatic carbocycles. The molecule has 1 unspecified atom stereocenters. The molecule has 0 bridgehead atoms. The Hall–Kier alpha value is -3.99. The van der Waals surface area contributed by atoms with E-state index >= 15 is 0 Å². The number of aromatic nitrogens is 1. The zero-order valence-electron chi connectivity index (χ0n) is 22.1. The average Bonchev–Trinajstić information content (AvgIpc) is 2.90. The van der Waals surface area contributed by atoms with Gasteiger partial charge >= 0.3 is 5.97 Å². The fourth-order valence-corrected chi connectivity index (χ4v) is 3.79. The summed E-state index contributed by atoms with van der Waals surface area (Å²) in [4.78, 5) is 42.7. The van der Waals surface area contributed by atoms with Crippen LogP contribution in [0.2, 0.25) is 0 Å². The van der Waals surface area contributed by atoms with Crippen molar-refractivity contribution in [2.75, 3.05) is 19.0 Å². The lowest BCUT2D eigenvalue weighted by Crippen LogP contribution is -2.46. The van der Waals surface area contributed by atoms with Crippen LogP contribution >= 0.6 is 12.4 Å². The molecule has 0 spiro atoms. The number of hydrogen-bond donors (Lipinski definition) is 5. The molecule has 10 nitrogen and oxygen atoms in total. The highest BCUT2D eigenvalue weighted by Crippen LogP contribution is 2.30. The molecule has 2 aromatic carbocycles. The number of rotatable bonds is 9. The van der Waals surface area contributed by atoms with Crippen molar-refractivity contribution in [3.63, 3.8) is 0 Å². The molecule has 1 heterocycles. The summed E-state index contributed by atoms with van der Waals surface area (Å²) in [6.07, 6.45) is 0. The minimum absolute atomic E-state index is 0. The smallest absolute Gasteiger partial charge is 0.336 e. The second-order valence-electron chi connectivity index (χ2n) is 9.75. The Morgan fingerprint density at radius 2 is 1.72 bits per heavy atom. The van der Waals surface area contributed by atoms with E-state index in [1.165, 1.54) is 31.4 Å². The molecule has 0 aliphatic rings. The summed E-state index contributed by atoms with van der Waals surface area (Å²) in [6.45, 7) is 5.63. The van der Waals surface area contributed by atoms with Gasteiger partial charge in [-0.15, -0.1) is 12.4 Å². The van der Waals surface area contributed by atoms with Gasteiger partial charge in [0.25, 0.3) is 11.8 Å². The minimum atomic E-state index is -1.29. The van der Waals surface area contributed by atoms with E-state index in [4.69, 9.17) is 10.5 Å². The van der Waals surface area contributed by atoms with Gasteiger partial charge in [-0.2, -0.15) is 0 Å². The number of ether oxygens (including phenoxy) is 1. The number of nitrogens with two attached hydrogens (primary N) is 1. The molecule has 11 heteroatoms. The molecule has 39 heavy (non-hydrogen) atoms. The van der Waals surface area contributed by atoms with E-state index in [9.17, 15) is 24.6 Å². The number of halogens is 1. The summed E-state index contributed by atoms with van der Waals surface area (Å²) < 4.78 is 5.19. The maximum atomic E-state index is 13.3. The molecule has 0 radical (unpaired) electrons. The van der Waals surface area contributed by atoms with Crippen molar-refractivity contribution in [2.24, 2.45) is 11.1 Å². The van der Waals surface area contributed by atoms with E-state index in [0.29, 0.717) is 12.2 Å². The van der Waals surface area contributed by atoms with Crippen molar-refractivity contribution in [1.29, 1.82) is 0 Å². The standard InChI is InChI=1S/C28H32N4O6.ClH/c1-28(2,3)22(15-33)31-25(34)17-8-9-19(21(13-17)27(36)37)20-10-11-23(38-4)32-24(20)26(35)30-18-7-5-6-16(12-18)14-29;/h5-13,22,33H,14-15,29H2,1-4H3,(H,30,35)(H,31,34)(H,36,37);1H. The summed E-state index contributed by atoms with van der Waals surface area (Å²) >= 11 is 0. The van der Waals surface area contributed by atoms with Gasteiger partial charge in [0, 0.05) is 29.4 Å². The van der Waals surface area contributed by atoms with Gasteiger partial charge in [-0.05, 0) is 46.9 Å². The van der Waals surface area contributed by atoms with Gasteiger partial charge in [0.05, 0.1) is 25.3 Å². The number of nitrogens with one attached hydrogen (secondary N) is 2. The highest BCUT2D eigenvalue weighted by atomic mass is 35.5. The Morgan fingerprint density at radius 3 is 2.31 bits per heavy atom. The van der Waals surface area contributed by atoms with Crippen molar-refractivity contribution >= 4 is 35.9 Å². The van der Waals surface area contributed by atoms with Gasteiger partial charge < -0.3 is 31.3 Å². The van der Waals surface area contributed by atoms with Crippen LogP contribution in [0, 0.1) is 5.41 Å². The average molecular weight is 557 g/mol. The Kier molecular flexibility index (Phi) is 10.6. The quantitative estimate of drug-likeness (QED) is 0.266. The topological polar surface area (TPSA) is 164 Å². The number of anilines is 1. The number of carboxylic acids is 1. The number of methoxy groups -OCH3 is 1. The molecular formula is C28H33ClN4O6. The van der Waals surface area contributed by atoms with E-state index in [1.54, 1.807) is 24.3 Å². The maximum absolute atomic E-state index is 13.3. The highest BCUT2D eigenvalue weighted by Gasteiger charge is 2.27. The number of aliphatic hydroxyl groups excluding tert-OH is 1. The minimum Gasteiger partial charge on any atom is -0.481 e. The van der Waals surface area contributed by atoms with Gasteiger partial charge in [0.1, 0.15) is 5.69 Å². The molecule has 0 aliphatic heterocycles. The Morgan fingerprint density at radius 1 is 1.03 bits per heavy atom. The van der Waals surface area contributed by atoms with Crippen LogP contribution in [0.3, 0.4) is 0 Å². The molecule has 0 saturated heterocycles. The number of aliphatic hydroxyl groups is 1. The van der Waals surface area contributed by atoms with Crippen LogP contribution in [-0.4, -0.2) is 52.7 Å². The summed E-state index contributed by atoms with van der Waals surface area (Å²) in [6, 6.07) is 13.7. The van der Waals surface area contributed by atoms with Crippen LogP contribution in [0.15, 0.2) is 54.6 Å². The third-order valence-corrected chi connectivity index (χ3v) is 6.05. The van der Waals surface area contributed by atoms with E-state index in [2.05, 4.69) is 15.6 Å². The number of carbonyl (C=O) groups is 3. The van der Waals surface area contributed by atoms with Crippen molar-refractivity contribution in [1.82, 2.24) is 10.3 Å². The summed E-state index contributed by atoms with van der Waals surface area (Å²) in [7, 11) is 1.40. The predicted molar refractivity (Wildman–Crippen MR) is 151 cm³/mol. The Balaban J connectivity index is 0.00000533. The molecule has 2 amide bonds. The lowest BCUT2D eigenvalue weighted by atomic mass is 9.87. The maximum Gasteiger partial charge on any atom is 0.336 e. The van der Waals surface area contributed by atoms with Crippen LogP contribution in [0.4, 0.5) is 5.69 Å². The molecule has 6 N–H and O–H groups in total. The largest absolute Gasteiger partial charge is 0.481 e. The monoisotopic (exact) mass is 556 g/mol. The lowest BCUT2D eigenvalue weighted by molar-refractivity contribution is 0.0697. The second-order valence-corrected chi connectivity index (χ2v) is 9.75. The van der Waals surface area contributed by atoms with Gasteiger partial charge in [0.15, 0.2) is 0 Å². The number of amides is 2. The molecular weight excluding hydrogens is 524 g/mol. The zero-order chi connectivity index (χ0) is 28.0. The summed E-state index contributed by atoms with van der Waals surface area (Å²) in [5.74, 6) is -2.23. The summed E-state index contributed by atoms with van der Waals surface area (Å²) in [5, 5.41) is 25.2. The third kappa shape index (κ3) is 7.53. The van der Waals surface area contributed by atoms with Crippen molar-refractivity contribution < 1.29 is 29.3 Å². The Bertz CT molecular complexity index is 1360. The SMILES string of the molecule is COc1ccc(-c2ccc(C(=O)NC(CO)C(C)(C)C)cc2C(=O)O)c(C(=O)Nc2cccc(CN)c2)n1.Cl. The van der Waals surface area contributed by atoms with Crippen molar-refractivity contribution in [2.45, 2.75) is 33.4 Å². The molecule has 1 aromatic heterocycles. The first-order valence-corrected chi connectivity index (χ1v) is 11.9. The lowest BCUT2D eigenvalue weighted by Gasteiger charge is -2.29. The first-order valence-electron chi connectivity index (χ1n) is 11.9. The third-order valence-electron chi connectivity index (χ3n) is 6.05. The van der Waals surface area contributed by atoms with Crippen molar-refractivity contribution in [3.05, 3.63) is 77.0 Å². The molecule has 3 rings (SSSR count). The highest BCUT2D eigenvalue weighted by molar-refractivity contribution is 6.09. The normalized spacial score (nSPS) is 11.6. The number of pyridine rings is 1. The molecule has 1 atom stereocenters. The first-order chi connectivity index (χ1) is 18.0. The molecule has 208 valence electrons. The second kappa shape index (κ2) is 13.2. The van der Waals surface area contributed by atoms with Crippen LogP contribution in [0.25, 0.3) is 11.1 Å². The van der Waals surface area contributed by atoms with Gasteiger partial charge in [0.2, 0.25) is 5.88 Å². The number of aromatic carboxylic acids is 1. The number of nitrogens with zero attached hydrogens (tertiary/aromatic N) is 1. The summed E-state index contributed by atoms with van der Waals surface area (Å²) in [5.41, 5.74) is 6.87. The molecule has 0 saturated carbocycles. The Labute approximate surface area is 233 Å². The molecule has 0 fully saturated rings. The zero-order valence-corrected chi connectivity index (χ0v) is 23.0. The fraction of sp³-hybridized carbons (Fsp3) is 0.286. The van der Waals surface area contributed by atoms with Crippen LogP contribution in [-0.2, 0) is 6.54 Å². The van der Waals surface area contributed by atoms with Gasteiger partial charge in [-0.1, -0.05) is 39.0 Å². The van der Waals surface area contributed by atoms with Gasteiger partial charge in [-0.25, -0.2) is 9.78 Å². The number of carboxylic acid groups (broad SMARTS) is 1. The van der Waals surface area contributed by atoms with Crippen LogP contribution in [0.1, 0.15) is 57.5 Å². The molecule has 3 aromatic rings. The fourth-order valence-electron chi connectivity index (χ4n) is 3.79. The van der Waals surface area contributed by atoms with Crippen LogP contribution < -0.4 is 21.1 Å². The van der Waals surface area contributed by atoms with E-state index in [-0.39, 0.29) is 52.8 Å². The number of carbonyl (C=O) groups excluding carboxylic acids is 2. The van der Waals surface area contributed by atoms with Gasteiger partial charge in [-0.3, -0.25) is 9.59 Å². The first kappa shape index (κ1) is 31.2.